The third-order valence-corrected chi connectivity index (χ3v) is 6.99. The molecular weight excluding hydrogens is 348 g/mol. The van der Waals surface area contributed by atoms with Gasteiger partial charge in [0.05, 0.1) is 12.0 Å². The lowest BCUT2D eigenvalue weighted by molar-refractivity contribution is 0.384. The standard InChI is InChI=1S/C20H26N2O3S/c1-15-5-7-19(16(2)13-15)21-9-11-22(12-10-21)26(23,24)20-8-6-18(25-4)14-17(20)3/h5-8,13-14H,9-12H2,1-4H3. The topological polar surface area (TPSA) is 49.9 Å². The van der Waals surface area contributed by atoms with E-state index in [1.807, 2.05) is 0 Å². The first-order valence-corrected chi connectivity index (χ1v) is 10.2. The highest BCUT2D eigenvalue weighted by Crippen LogP contribution is 2.27. The molecule has 3 rings (SSSR count). The normalized spacial score (nSPS) is 15.9. The molecular formula is C20H26N2O3S. The fourth-order valence-corrected chi connectivity index (χ4v) is 5.13. The second-order valence-corrected chi connectivity index (χ2v) is 8.72. The van der Waals surface area contributed by atoms with E-state index in [-0.39, 0.29) is 0 Å². The first-order valence-electron chi connectivity index (χ1n) is 8.80. The molecule has 0 radical (unpaired) electrons. The summed E-state index contributed by atoms with van der Waals surface area (Å²) in [5.74, 6) is 0.668. The van der Waals surface area contributed by atoms with E-state index >= 15 is 0 Å². The Kier molecular flexibility index (Phi) is 5.25. The average molecular weight is 375 g/mol. The summed E-state index contributed by atoms with van der Waals surface area (Å²) in [7, 11) is -1.91. The summed E-state index contributed by atoms with van der Waals surface area (Å²) in [4.78, 5) is 2.63. The van der Waals surface area contributed by atoms with Crippen molar-refractivity contribution in [3.05, 3.63) is 53.1 Å². The number of aryl methyl sites for hydroxylation is 3. The van der Waals surface area contributed by atoms with E-state index in [4.69, 9.17) is 4.74 Å². The Hall–Kier alpha value is -2.05. The summed E-state index contributed by atoms with van der Waals surface area (Å²) < 4.78 is 32.8. The van der Waals surface area contributed by atoms with Crippen LogP contribution in [0.4, 0.5) is 5.69 Å². The molecule has 0 atom stereocenters. The Bertz CT molecular complexity index is 901. The highest BCUT2D eigenvalue weighted by Gasteiger charge is 2.30. The van der Waals surface area contributed by atoms with E-state index in [0.29, 0.717) is 42.4 Å². The number of piperazine rings is 1. The Morgan fingerprint density at radius 3 is 2.15 bits per heavy atom. The van der Waals surface area contributed by atoms with Gasteiger partial charge in [0.2, 0.25) is 10.0 Å². The zero-order valence-electron chi connectivity index (χ0n) is 15.8. The van der Waals surface area contributed by atoms with Crippen molar-refractivity contribution in [1.82, 2.24) is 4.31 Å². The van der Waals surface area contributed by atoms with Crippen molar-refractivity contribution >= 4 is 15.7 Å². The molecule has 1 aliphatic rings. The second kappa shape index (κ2) is 7.29. The van der Waals surface area contributed by atoms with E-state index in [0.717, 1.165) is 0 Å². The second-order valence-electron chi connectivity index (χ2n) is 6.81. The highest BCUT2D eigenvalue weighted by molar-refractivity contribution is 7.89. The Morgan fingerprint density at radius 1 is 0.885 bits per heavy atom. The van der Waals surface area contributed by atoms with Crippen LogP contribution in [0.3, 0.4) is 0 Å². The molecule has 2 aromatic carbocycles. The van der Waals surface area contributed by atoms with Crippen LogP contribution < -0.4 is 9.64 Å². The Labute approximate surface area is 156 Å². The lowest BCUT2D eigenvalue weighted by atomic mass is 10.1. The summed E-state index contributed by atoms with van der Waals surface area (Å²) in [5, 5.41) is 0. The number of ether oxygens (including phenoxy) is 1. The molecule has 0 bridgehead atoms. The molecule has 26 heavy (non-hydrogen) atoms. The van der Waals surface area contributed by atoms with E-state index in [1.165, 1.54) is 16.8 Å². The van der Waals surface area contributed by atoms with Crippen LogP contribution in [0.25, 0.3) is 0 Å². The Balaban J connectivity index is 1.76. The largest absolute Gasteiger partial charge is 0.497 e. The lowest BCUT2D eigenvalue weighted by Gasteiger charge is -2.36. The van der Waals surface area contributed by atoms with Crippen LogP contribution in [-0.4, -0.2) is 46.0 Å². The summed E-state index contributed by atoms with van der Waals surface area (Å²) >= 11 is 0. The van der Waals surface area contributed by atoms with E-state index in [9.17, 15) is 8.42 Å². The van der Waals surface area contributed by atoms with E-state index in [2.05, 4.69) is 36.9 Å². The van der Waals surface area contributed by atoms with Crippen molar-refractivity contribution in [3.63, 3.8) is 0 Å². The molecule has 1 aliphatic heterocycles. The number of anilines is 1. The van der Waals surface area contributed by atoms with E-state index in [1.54, 1.807) is 36.5 Å². The van der Waals surface area contributed by atoms with Crippen molar-refractivity contribution in [2.75, 3.05) is 38.2 Å². The van der Waals surface area contributed by atoms with Crippen molar-refractivity contribution in [1.29, 1.82) is 0 Å². The van der Waals surface area contributed by atoms with Gasteiger partial charge in [-0.2, -0.15) is 4.31 Å². The molecule has 0 N–H and O–H groups in total. The predicted molar refractivity (Wildman–Crippen MR) is 105 cm³/mol. The third-order valence-electron chi connectivity index (χ3n) is 4.93. The van der Waals surface area contributed by atoms with Crippen LogP contribution in [0.1, 0.15) is 16.7 Å². The van der Waals surface area contributed by atoms with Gasteiger partial charge in [-0.05, 0) is 56.2 Å². The smallest absolute Gasteiger partial charge is 0.243 e. The maximum Gasteiger partial charge on any atom is 0.243 e. The molecule has 140 valence electrons. The van der Waals surface area contributed by atoms with Gasteiger partial charge >= 0.3 is 0 Å². The van der Waals surface area contributed by atoms with Crippen LogP contribution in [-0.2, 0) is 10.0 Å². The number of rotatable bonds is 4. The molecule has 0 saturated carbocycles. The minimum Gasteiger partial charge on any atom is -0.497 e. The fraction of sp³-hybridized carbons (Fsp3) is 0.400. The number of hydrogen-bond donors (Lipinski definition) is 0. The Morgan fingerprint density at radius 2 is 1.58 bits per heavy atom. The molecule has 1 heterocycles. The maximum atomic E-state index is 13.0. The van der Waals surface area contributed by atoms with Crippen molar-refractivity contribution < 1.29 is 13.2 Å². The van der Waals surface area contributed by atoms with Crippen LogP contribution in [0, 0.1) is 20.8 Å². The zero-order chi connectivity index (χ0) is 18.9. The first kappa shape index (κ1) is 18.7. The monoisotopic (exact) mass is 374 g/mol. The minimum atomic E-state index is -3.49. The minimum absolute atomic E-state index is 0.360. The number of methoxy groups -OCH3 is 1. The average Bonchev–Trinajstić information content (AvgIpc) is 2.61. The molecule has 0 aliphatic carbocycles. The molecule has 1 saturated heterocycles. The van der Waals surface area contributed by atoms with Crippen LogP contribution >= 0.6 is 0 Å². The van der Waals surface area contributed by atoms with Gasteiger partial charge in [0, 0.05) is 31.9 Å². The van der Waals surface area contributed by atoms with Gasteiger partial charge < -0.3 is 9.64 Å². The molecule has 0 unspecified atom stereocenters. The number of benzene rings is 2. The first-order chi connectivity index (χ1) is 12.3. The summed E-state index contributed by atoms with van der Waals surface area (Å²) in [5.41, 5.74) is 4.36. The van der Waals surface area contributed by atoms with Crippen LogP contribution in [0.15, 0.2) is 41.3 Å². The molecule has 6 heteroatoms. The predicted octanol–water partition coefficient (Wildman–Crippen LogP) is 3.13. The molecule has 0 spiro atoms. The number of sulfonamides is 1. The zero-order valence-corrected chi connectivity index (χ0v) is 16.6. The summed E-state index contributed by atoms with van der Waals surface area (Å²) in [6.45, 7) is 8.35. The van der Waals surface area contributed by atoms with Gasteiger partial charge in [-0.3, -0.25) is 0 Å². The van der Waals surface area contributed by atoms with Crippen molar-refractivity contribution in [3.8, 4) is 5.75 Å². The number of hydrogen-bond acceptors (Lipinski definition) is 4. The molecule has 0 aromatic heterocycles. The lowest BCUT2D eigenvalue weighted by Crippen LogP contribution is -2.49. The van der Waals surface area contributed by atoms with Gasteiger partial charge in [-0.25, -0.2) is 8.42 Å². The highest BCUT2D eigenvalue weighted by atomic mass is 32.2. The summed E-state index contributed by atoms with van der Waals surface area (Å²) in [6.07, 6.45) is 0. The van der Waals surface area contributed by atoms with Crippen LogP contribution in [0.5, 0.6) is 5.75 Å². The third kappa shape index (κ3) is 3.57. The van der Waals surface area contributed by atoms with Crippen LogP contribution in [0.2, 0.25) is 0 Å². The summed E-state index contributed by atoms with van der Waals surface area (Å²) in [6, 6.07) is 11.5. The molecule has 2 aromatic rings. The molecule has 5 nitrogen and oxygen atoms in total. The van der Waals surface area contributed by atoms with E-state index < -0.39 is 10.0 Å². The van der Waals surface area contributed by atoms with Crippen molar-refractivity contribution in [2.24, 2.45) is 0 Å². The quantitative estimate of drug-likeness (QED) is 0.825. The molecule has 1 fully saturated rings. The van der Waals surface area contributed by atoms with Crippen molar-refractivity contribution in [2.45, 2.75) is 25.7 Å². The van der Waals surface area contributed by atoms with Gasteiger partial charge in [-0.1, -0.05) is 17.7 Å². The molecule has 0 amide bonds. The van der Waals surface area contributed by atoms with Gasteiger partial charge in [-0.15, -0.1) is 0 Å². The van der Waals surface area contributed by atoms with Gasteiger partial charge in [0.1, 0.15) is 5.75 Å². The van der Waals surface area contributed by atoms with Gasteiger partial charge in [0.15, 0.2) is 0 Å². The maximum absolute atomic E-state index is 13.0. The SMILES string of the molecule is COc1ccc(S(=O)(=O)N2CCN(c3ccc(C)cc3C)CC2)c(C)c1. The number of nitrogens with zero attached hydrogens (tertiary/aromatic N) is 2. The fourth-order valence-electron chi connectivity index (χ4n) is 3.51. The van der Waals surface area contributed by atoms with Gasteiger partial charge in [0.25, 0.3) is 0 Å².